The van der Waals surface area contributed by atoms with Crippen molar-refractivity contribution in [2.24, 2.45) is 0 Å². The van der Waals surface area contributed by atoms with Gasteiger partial charge in [-0.1, -0.05) is 6.42 Å². The standard InChI is InChI=1S/C14H21ClN2O/c1-11-7-14(18-2)8-12(16-11)10-17-6-4-3-5-13(17)9-15/h7-8,13H,3-6,9-10H2,1-2H3. The van der Waals surface area contributed by atoms with Gasteiger partial charge in [-0.15, -0.1) is 11.6 Å². The lowest BCUT2D eigenvalue weighted by atomic mass is 10.0. The van der Waals surface area contributed by atoms with E-state index in [9.17, 15) is 0 Å². The van der Waals surface area contributed by atoms with Crippen LogP contribution in [0.3, 0.4) is 0 Å². The van der Waals surface area contributed by atoms with Gasteiger partial charge >= 0.3 is 0 Å². The molecule has 4 heteroatoms. The summed E-state index contributed by atoms with van der Waals surface area (Å²) in [6.45, 7) is 3.99. The number of nitrogens with zero attached hydrogens (tertiary/aromatic N) is 2. The number of aryl methyl sites for hydroxylation is 1. The number of pyridine rings is 1. The average Bonchev–Trinajstić information content (AvgIpc) is 2.38. The molecule has 0 amide bonds. The molecular weight excluding hydrogens is 248 g/mol. The molecule has 1 aromatic heterocycles. The summed E-state index contributed by atoms with van der Waals surface area (Å²) in [5.74, 6) is 1.60. The van der Waals surface area contributed by atoms with Crippen LogP contribution in [0.15, 0.2) is 12.1 Å². The molecule has 0 bridgehead atoms. The summed E-state index contributed by atoms with van der Waals surface area (Å²) in [7, 11) is 1.70. The lowest BCUT2D eigenvalue weighted by Crippen LogP contribution is -2.40. The minimum Gasteiger partial charge on any atom is -0.497 e. The Morgan fingerprint density at radius 2 is 2.28 bits per heavy atom. The van der Waals surface area contributed by atoms with Gasteiger partial charge in [0.25, 0.3) is 0 Å². The lowest BCUT2D eigenvalue weighted by Gasteiger charge is -2.34. The molecule has 0 aromatic carbocycles. The number of aromatic nitrogens is 1. The summed E-state index contributed by atoms with van der Waals surface area (Å²) in [5.41, 5.74) is 2.08. The van der Waals surface area contributed by atoms with E-state index < -0.39 is 0 Å². The second-order valence-corrected chi connectivity index (χ2v) is 5.22. The topological polar surface area (TPSA) is 25.4 Å². The van der Waals surface area contributed by atoms with Crippen molar-refractivity contribution < 1.29 is 4.74 Å². The Balaban J connectivity index is 2.09. The van der Waals surface area contributed by atoms with Crippen LogP contribution in [0.5, 0.6) is 5.75 Å². The van der Waals surface area contributed by atoms with Gasteiger partial charge in [-0.3, -0.25) is 9.88 Å². The predicted molar refractivity (Wildman–Crippen MR) is 74.3 cm³/mol. The Morgan fingerprint density at radius 3 is 3.00 bits per heavy atom. The third-order valence-electron chi connectivity index (χ3n) is 3.51. The quantitative estimate of drug-likeness (QED) is 0.785. The Bertz CT molecular complexity index is 397. The first kappa shape index (κ1) is 13.6. The fraction of sp³-hybridized carbons (Fsp3) is 0.643. The molecule has 0 saturated carbocycles. The van der Waals surface area contributed by atoms with Gasteiger partial charge in [0.2, 0.25) is 0 Å². The molecule has 2 rings (SSSR count). The zero-order valence-electron chi connectivity index (χ0n) is 11.2. The maximum atomic E-state index is 6.04. The van der Waals surface area contributed by atoms with E-state index in [0.717, 1.165) is 30.2 Å². The van der Waals surface area contributed by atoms with Crippen molar-refractivity contribution >= 4 is 11.6 Å². The summed E-state index contributed by atoms with van der Waals surface area (Å²) in [5, 5.41) is 0. The number of alkyl halides is 1. The molecule has 1 aliphatic heterocycles. The van der Waals surface area contributed by atoms with E-state index in [4.69, 9.17) is 16.3 Å². The first-order valence-corrected chi connectivity index (χ1v) is 7.08. The number of rotatable bonds is 4. The van der Waals surface area contributed by atoms with Gasteiger partial charge in [-0.05, 0) is 26.3 Å². The second kappa shape index (κ2) is 6.39. The van der Waals surface area contributed by atoms with Crippen LogP contribution < -0.4 is 4.74 Å². The summed E-state index contributed by atoms with van der Waals surface area (Å²) >= 11 is 6.04. The molecule has 100 valence electrons. The molecule has 0 radical (unpaired) electrons. The fourth-order valence-electron chi connectivity index (χ4n) is 2.55. The van der Waals surface area contributed by atoms with Crippen LogP contribution in [0.4, 0.5) is 0 Å². The van der Waals surface area contributed by atoms with Crippen LogP contribution in [0, 0.1) is 6.92 Å². The highest BCUT2D eigenvalue weighted by molar-refractivity contribution is 6.18. The third-order valence-corrected chi connectivity index (χ3v) is 3.86. The van der Waals surface area contributed by atoms with Gasteiger partial charge in [0, 0.05) is 36.3 Å². The highest BCUT2D eigenvalue weighted by Crippen LogP contribution is 2.21. The van der Waals surface area contributed by atoms with Crippen LogP contribution >= 0.6 is 11.6 Å². The van der Waals surface area contributed by atoms with Crippen LogP contribution in [0.2, 0.25) is 0 Å². The number of piperidine rings is 1. The van der Waals surface area contributed by atoms with Crippen LogP contribution in [0.1, 0.15) is 30.7 Å². The van der Waals surface area contributed by atoms with Gasteiger partial charge < -0.3 is 4.74 Å². The molecule has 3 nitrogen and oxygen atoms in total. The van der Waals surface area contributed by atoms with Crippen molar-refractivity contribution in [2.45, 2.75) is 38.8 Å². The van der Waals surface area contributed by atoms with Crippen LogP contribution in [-0.2, 0) is 6.54 Å². The molecule has 1 unspecified atom stereocenters. The largest absolute Gasteiger partial charge is 0.497 e. The number of likely N-dealkylation sites (tertiary alicyclic amines) is 1. The molecule has 1 fully saturated rings. The first-order chi connectivity index (χ1) is 8.72. The predicted octanol–water partition coefficient (Wildman–Crippen LogP) is 2.99. The maximum Gasteiger partial charge on any atom is 0.122 e. The molecule has 1 atom stereocenters. The number of hydrogen-bond acceptors (Lipinski definition) is 3. The summed E-state index contributed by atoms with van der Waals surface area (Å²) in [6, 6.07) is 4.47. The maximum absolute atomic E-state index is 6.04. The smallest absolute Gasteiger partial charge is 0.122 e. The number of halogens is 1. The third kappa shape index (κ3) is 3.36. The highest BCUT2D eigenvalue weighted by Gasteiger charge is 2.22. The zero-order valence-corrected chi connectivity index (χ0v) is 11.9. The van der Waals surface area contributed by atoms with Gasteiger partial charge in [0.1, 0.15) is 5.75 Å². The summed E-state index contributed by atoms with van der Waals surface area (Å²) in [4.78, 5) is 7.02. The van der Waals surface area contributed by atoms with E-state index in [1.165, 1.54) is 19.3 Å². The van der Waals surface area contributed by atoms with E-state index in [-0.39, 0.29) is 0 Å². The van der Waals surface area contributed by atoms with E-state index in [0.29, 0.717) is 11.9 Å². The molecule has 0 spiro atoms. The Hall–Kier alpha value is -0.800. The molecule has 18 heavy (non-hydrogen) atoms. The Morgan fingerprint density at radius 1 is 1.44 bits per heavy atom. The molecule has 1 saturated heterocycles. The molecule has 2 heterocycles. The first-order valence-electron chi connectivity index (χ1n) is 6.54. The number of ether oxygens (including phenoxy) is 1. The molecular formula is C14H21ClN2O. The van der Waals surface area contributed by atoms with Crippen molar-refractivity contribution in [3.05, 3.63) is 23.5 Å². The Kier molecular flexibility index (Phi) is 4.84. The van der Waals surface area contributed by atoms with Crippen LogP contribution in [0.25, 0.3) is 0 Å². The fourth-order valence-corrected chi connectivity index (χ4v) is 2.90. The van der Waals surface area contributed by atoms with Gasteiger partial charge in [-0.25, -0.2) is 0 Å². The Labute approximate surface area is 114 Å². The number of methoxy groups -OCH3 is 1. The SMILES string of the molecule is COc1cc(C)nc(CN2CCCCC2CCl)c1. The minimum atomic E-state index is 0.494. The van der Waals surface area contributed by atoms with E-state index >= 15 is 0 Å². The summed E-state index contributed by atoms with van der Waals surface area (Å²) in [6.07, 6.45) is 3.75. The van der Waals surface area contributed by atoms with Crippen molar-refractivity contribution in [1.29, 1.82) is 0 Å². The van der Waals surface area contributed by atoms with E-state index in [1.54, 1.807) is 7.11 Å². The minimum absolute atomic E-state index is 0.494. The normalized spacial score (nSPS) is 20.9. The highest BCUT2D eigenvalue weighted by atomic mass is 35.5. The van der Waals surface area contributed by atoms with Crippen molar-refractivity contribution in [2.75, 3.05) is 19.5 Å². The monoisotopic (exact) mass is 268 g/mol. The average molecular weight is 269 g/mol. The number of hydrogen-bond donors (Lipinski definition) is 0. The zero-order chi connectivity index (χ0) is 13.0. The van der Waals surface area contributed by atoms with Gasteiger partial charge in [0.15, 0.2) is 0 Å². The van der Waals surface area contributed by atoms with Crippen molar-refractivity contribution in [3.8, 4) is 5.75 Å². The van der Waals surface area contributed by atoms with Crippen LogP contribution in [-0.4, -0.2) is 35.5 Å². The molecule has 0 N–H and O–H groups in total. The molecule has 1 aliphatic rings. The van der Waals surface area contributed by atoms with Crippen molar-refractivity contribution in [3.63, 3.8) is 0 Å². The van der Waals surface area contributed by atoms with E-state index in [2.05, 4.69) is 9.88 Å². The van der Waals surface area contributed by atoms with E-state index in [1.807, 2.05) is 19.1 Å². The second-order valence-electron chi connectivity index (χ2n) is 4.91. The summed E-state index contributed by atoms with van der Waals surface area (Å²) < 4.78 is 5.29. The van der Waals surface area contributed by atoms with Crippen molar-refractivity contribution in [1.82, 2.24) is 9.88 Å². The van der Waals surface area contributed by atoms with Gasteiger partial charge in [-0.2, -0.15) is 0 Å². The lowest BCUT2D eigenvalue weighted by molar-refractivity contribution is 0.153. The molecule has 1 aromatic rings. The molecule has 0 aliphatic carbocycles. The van der Waals surface area contributed by atoms with Gasteiger partial charge in [0.05, 0.1) is 12.8 Å².